The second-order valence-electron chi connectivity index (χ2n) is 4.58. The summed E-state index contributed by atoms with van der Waals surface area (Å²) < 4.78 is 3.79. The van der Waals surface area contributed by atoms with Crippen molar-refractivity contribution in [2.24, 2.45) is 7.05 Å². The number of carbonyl (C=O) groups excluding carboxylic acids is 1. The highest BCUT2D eigenvalue weighted by Gasteiger charge is 2.14. The number of hydrogen-bond acceptors (Lipinski definition) is 3. The smallest absolute Gasteiger partial charge is 0.179 e. The fourth-order valence-corrected chi connectivity index (χ4v) is 2.35. The topological polar surface area (TPSA) is 52.7 Å². The van der Waals surface area contributed by atoms with Crippen LogP contribution in [-0.2, 0) is 20.0 Å². The van der Waals surface area contributed by atoms with Gasteiger partial charge in [-0.1, -0.05) is 0 Å². The molecule has 0 N–H and O–H groups in total. The van der Waals surface area contributed by atoms with E-state index in [1.54, 1.807) is 11.0 Å². The first-order chi connectivity index (χ1) is 9.02. The van der Waals surface area contributed by atoms with E-state index in [1.807, 2.05) is 27.0 Å². The number of hydrogen-bond donors (Lipinski definition) is 0. The van der Waals surface area contributed by atoms with Gasteiger partial charge in [0.2, 0.25) is 0 Å². The summed E-state index contributed by atoms with van der Waals surface area (Å²) in [5.74, 6) is 0.795. The molecule has 5 nitrogen and oxygen atoms in total. The maximum absolute atomic E-state index is 11.7. The predicted molar refractivity (Wildman–Crippen MR) is 73.7 cm³/mol. The molecule has 0 aliphatic heterocycles. The summed E-state index contributed by atoms with van der Waals surface area (Å²) in [7, 11) is 1.85. The summed E-state index contributed by atoms with van der Waals surface area (Å²) in [5, 5.41) is 4.25. The number of nitrogens with zero attached hydrogens (tertiary/aromatic N) is 4. The van der Waals surface area contributed by atoms with E-state index >= 15 is 0 Å². The van der Waals surface area contributed by atoms with E-state index in [0.717, 1.165) is 30.2 Å². The van der Waals surface area contributed by atoms with Crippen molar-refractivity contribution in [3.05, 3.63) is 35.2 Å². The van der Waals surface area contributed by atoms with Crippen LogP contribution in [0.2, 0.25) is 0 Å². The van der Waals surface area contributed by atoms with Crippen molar-refractivity contribution >= 4 is 17.4 Å². The average Bonchev–Trinajstić information content (AvgIpc) is 2.91. The van der Waals surface area contributed by atoms with Gasteiger partial charge in [-0.25, -0.2) is 4.98 Å². The standard InChI is InChI=1S/C13H17ClN4O/c1-9-6-11(12(19)7-14)10(2)18(9)5-4-13-15-8-17(3)16-13/h6,8H,4-5,7H2,1-3H3. The molecule has 0 radical (unpaired) electrons. The molecule has 102 valence electrons. The number of alkyl halides is 1. The molecule has 2 aromatic rings. The van der Waals surface area contributed by atoms with Gasteiger partial charge in [-0.15, -0.1) is 11.6 Å². The monoisotopic (exact) mass is 280 g/mol. The fourth-order valence-electron chi connectivity index (χ4n) is 2.21. The second-order valence-corrected chi connectivity index (χ2v) is 4.84. The lowest BCUT2D eigenvalue weighted by atomic mass is 10.2. The van der Waals surface area contributed by atoms with Crippen LogP contribution in [0.15, 0.2) is 12.4 Å². The van der Waals surface area contributed by atoms with Crippen molar-refractivity contribution in [1.82, 2.24) is 19.3 Å². The zero-order valence-corrected chi connectivity index (χ0v) is 12.1. The van der Waals surface area contributed by atoms with Crippen LogP contribution >= 0.6 is 11.6 Å². The third-order valence-electron chi connectivity index (χ3n) is 3.20. The highest BCUT2D eigenvalue weighted by molar-refractivity contribution is 6.30. The Kier molecular flexibility index (Phi) is 4.04. The van der Waals surface area contributed by atoms with Gasteiger partial charge in [-0.2, -0.15) is 5.10 Å². The van der Waals surface area contributed by atoms with E-state index in [9.17, 15) is 4.79 Å². The Balaban J connectivity index is 2.16. The Morgan fingerprint density at radius 2 is 2.16 bits per heavy atom. The van der Waals surface area contributed by atoms with Crippen LogP contribution in [0.25, 0.3) is 0 Å². The highest BCUT2D eigenvalue weighted by atomic mass is 35.5. The molecule has 0 bridgehead atoms. The summed E-state index contributed by atoms with van der Waals surface area (Å²) in [6, 6.07) is 1.89. The van der Waals surface area contributed by atoms with E-state index in [1.165, 1.54) is 0 Å². The summed E-state index contributed by atoms with van der Waals surface area (Å²) in [6.45, 7) is 4.69. The van der Waals surface area contributed by atoms with E-state index in [0.29, 0.717) is 5.56 Å². The van der Waals surface area contributed by atoms with E-state index in [4.69, 9.17) is 11.6 Å². The van der Waals surface area contributed by atoms with Crippen LogP contribution in [-0.4, -0.2) is 31.0 Å². The molecule has 0 saturated heterocycles. The highest BCUT2D eigenvalue weighted by Crippen LogP contribution is 2.16. The van der Waals surface area contributed by atoms with Crippen molar-refractivity contribution in [3.8, 4) is 0 Å². The van der Waals surface area contributed by atoms with Gasteiger partial charge in [0.25, 0.3) is 0 Å². The zero-order valence-electron chi connectivity index (χ0n) is 11.4. The Labute approximate surface area is 117 Å². The minimum Gasteiger partial charge on any atom is -0.348 e. The molecule has 0 atom stereocenters. The van der Waals surface area contributed by atoms with Gasteiger partial charge < -0.3 is 4.57 Å². The van der Waals surface area contributed by atoms with Gasteiger partial charge >= 0.3 is 0 Å². The molecule has 0 spiro atoms. The average molecular weight is 281 g/mol. The molecule has 0 aliphatic rings. The van der Waals surface area contributed by atoms with Gasteiger partial charge in [0.1, 0.15) is 6.33 Å². The molecular formula is C13H17ClN4O. The number of carbonyl (C=O) groups is 1. The summed E-state index contributed by atoms with van der Waals surface area (Å²) in [5.41, 5.74) is 2.72. The van der Waals surface area contributed by atoms with Gasteiger partial charge in [-0.05, 0) is 19.9 Å². The Bertz CT molecular complexity index is 600. The number of Topliss-reactive ketones (excluding diaryl/α,β-unsaturated/α-hetero) is 1. The van der Waals surface area contributed by atoms with Crippen molar-refractivity contribution in [2.45, 2.75) is 26.8 Å². The first-order valence-electron chi connectivity index (χ1n) is 6.13. The molecule has 0 saturated carbocycles. The zero-order chi connectivity index (χ0) is 14.0. The van der Waals surface area contributed by atoms with Gasteiger partial charge in [0, 0.05) is 37.0 Å². The number of aryl methyl sites for hydroxylation is 3. The molecule has 0 fully saturated rings. The number of aromatic nitrogens is 4. The normalized spacial score (nSPS) is 10.9. The van der Waals surface area contributed by atoms with Crippen molar-refractivity contribution in [1.29, 1.82) is 0 Å². The maximum atomic E-state index is 11.7. The molecular weight excluding hydrogens is 264 g/mol. The van der Waals surface area contributed by atoms with Crippen molar-refractivity contribution < 1.29 is 4.79 Å². The Morgan fingerprint density at radius 1 is 1.42 bits per heavy atom. The fraction of sp³-hybridized carbons (Fsp3) is 0.462. The van der Waals surface area contributed by atoms with E-state index in [-0.39, 0.29) is 11.7 Å². The van der Waals surface area contributed by atoms with Crippen LogP contribution in [0.5, 0.6) is 0 Å². The quantitative estimate of drug-likeness (QED) is 0.621. The molecule has 0 aliphatic carbocycles. The first-order valence-corrected chi connectivity index (χ1v) is 6.66. The minimum absolute atomic E-state index is 0.0199. The lowest BCUT2D eigenvalue weighted by molar-refractivity contribution is 0.102. The van der Waals surface area contributed by atoms with Gasteiger partial charge in [0.15, 0.2) is 11.6 Å². The van der Waals surface area contributed by atoms with Gasteiger partial charge in [0.05, 0.1) is 5.88 Å². The molecule has 2 aromatic heterocycles. The van der Waals surface area contributed by atoms with E-state index < -0.39 is 0 Å². The maximum Gasteiger partial charge on any atom is 0.179 e. The van der Waals surface area contributed by atoms with Crippen LogP contribution in [0, 0.1) is 13.8 Å². The molecule has 2 heterocycles. The lowest BCUT2D eigenvalue weighted by Gasteiger charge is -2.08. The number of rotatable bonds is 5. The molecule has 0 unspecified atom stereocenters. The summed E-state index contributed by atoms with van der Waals surface area (Å²) in [4.78, 5) is 15.9. The largest absolute Gasteiger partial charge is 0.348 e. The van der Waals surface area contributed by atoms with Crippen molar-refractivity contribution in [3.63, 3.8) is 0 Å². The van der Waals surface area contributed by atoms with Crippen LogP contribution in [0.4, 0.5) is 0 Å². The minimum atomic E-state index is -0.0306. The molecule has 19 heavy (non-hydrogen) atoms. The van der Waals surface area contributed by atoms with Crippen LogP contribution in [0.1, 0.15) is 27.6 Å². The molecule has 6 heteroatoms. The number of halogens is 1. The van der Waals surface area contributed by atoms with Crippen molar-refractivity contribution in [2.75, 3.05) is 5.88 Å². The molecule has 0 amide bonds. The summed E-state index contributed by atoms with van der Waals surface area (Å²) in [6.07, 6.45) is 2.43. The van der Waals surface area contributed by atoms with Crippen LogP contribution in [0.3, 0.4) is 0 Å². The Hall–Kier alpha value is -1.62. The molecule has 0 aromatic carbocycles. The molecule has 2 rings (SSSR count). The third kappa shape index (κ3) is 2.87. The lowest BCUT2D eigenvalue weighted by Crippen LogP contribution is -2.08. The third-order valence-corrected chi connectivity index (χ3v) is 3.44. The predicted octanol–water partition coefficient (Wildman–Crippen LogP) is 1.90. The van der Waals surface area contributed by atoms with Crippen LogP contribution < -0.4 is 0 Å². The SMILES string of the molecule is Cc1cc(C(=O)CCl)c(C)n1CCc1ncn(C)n1. The Morgan fingerprint density at radius 3 is 2.74 bits per heavy atom. The second kappa shape index (κ2) is 5.57. The summed E-state index contributed by atoms with van der Waals surface area (Å²) >= 11 is 5.61. The first kappa shape index (κ1) is 13.8. The van der Waals surface area contributed by atoms with E-state index in [2.05, 4.69) is 14.6 Å². The number of ketones is 1. The van der Waals surface area contributed by atoms with Gasteiger partial charge in [-0.3, -0.25) is 9.48 Å².